The monoisotopic (exact) mass is 197 g/mol. The third-order valence-corrected chi connectivity index (χ3v) is 2.60. The van der Waals surface area contributed by atoms with Crippen molar-refractivity contribution in [1.82, 2.24) is 9.97 Å². The average Bonchev–Trinajstić information content (AvgIpc) is 2.01. The Morgan fingerprint density at radius 3 is 3.00 bits per heavy atom. The molecule has 1 saturated carbocycles. The van der Waals surface area contributed by atoms with Gasteiger partial charge in [-0.1, -0.05) is 6.42 Å². The maximum absolute atomic E-state index is 5.65. The van der Waals surface area contributed by atoms with Gasteiger partial charge in [0.2, 0.25) is 5.28 Å². The summed E-state index contributed by atoms with van der Waals surface area (Å²) in [4.78, 5) is 7.86. The zero-order valence-electron chi connectivity index (χ0n) is 7.33. The van der Waals surface area contributed by atoms with Gasteiger partial charge in [-0.3, -0.25) is 0 Å². The molecule has 0 amide bonds. The quantitative estimate of drug-likeness (QED) is 0.756. The molecule has 0 atom stereocenters. The van der Waals surface area contributed by atoms with Gasteiger partial charge in [-0.05, 0) is 36.4 Å². The van der Waals surface area contributed by atoms with Crippen LogP contribution in [0.2, 0.25) is 5.28 Å². The molecule has 0 aliphatic heterocycles. The lowest BCUT2D eigenvalue weighted by molar-refractivity contribution is 0.333. The number of rotatable bonds is 3. The molecule has 2 rings (SSSR count). The van der Waals surface area contributed by atoms with E-state index in [1.54, 1.807) is 6.20 Å². The molecule has 1 aromatic heterocycles. The summed E-state index contributed by atoms with van der Waals surface area (Å²) in [6, 6.07) is 1.84. The number of aromatic nitrogens is 2. The van der Waals surface area contributed by atoms with Gasteiger partial charge < -0.3 is 5.32 Å². The van der Waals surface area contributed by atoms with E-state index < -0.39 is 0 Å². The maximum Gasteiger partial charge on any atom is 0.224 e. The van der Waals surface area contributed by atoms with Crippen LogP contribution < -0.4 is 5.32 Å². The molecule has 0 spiro atoms. The predicted molar refractivity (Wildman–Crippen MR) is 52.9 cm³/mol. The fourth-order valence-electron chi connectivity index (χ4n) is 1.38. The molecule has 3 nitrogen and oxygen atoms in total. The molecule has 0 radical (unpaired) electrons. The average molecular weight is 198 g/mol. The van der Waals surface area contributed by atoms with Crippen LogP contribution >= 0.6 is 11.6 Å². The first-order valence-corrected chi connectivity index (χ1v) is 4.95. The lowest BCUT2D eigenvalue weighted by Crippen LogP contribution is -2.21. The van der Waals surface area contributed by atoms with Gasteiger partial charge in [0.15, 0.2) is 0 Å². The van der Waals surface area contributed by atoms with Crippen LogP contribution in [0.5, 0.6) is 0 Å². The Kier molecular flexibility index (Phi) is 2.64. The van der Waals surface area contributed by atoms with E-state index >= 15 is 0 Å². The first-order valence-electron chi connectivity index (χ1n) is 4.57. The van der Waals surface area contributed by atoms with Crippen LogP contribution in [0, 0.1) is 5.92 Å². The molecule has 13 heavy (non-hydrogen) atoms. The van der Waals surface area contributed by atoms with Crippen molar-refractivity contribution >= 4 is 17.4 Å². The third-order valence-electron chi connectivity index (χ3n) is 2.42. The number of nitrogens with zero attached hydrogens (tertiary/aromatic N) is 2. The summed E-state index contributed by atoms with van der Waals surface area (Å²) in [7, 11) is 0. The van der Waals surface area contributed by atoms with Crippen molar-refractivity contribution in [3.63, 3.8) is 0 Å². The number of anilines is 1. The van der Waals surface area contributed by atoms with Crippen molar-refractivity contribution in [1.29, 1.82) is 0 Å². The summed E-state index contributed by atoms with van der Waals surface area (Å²) in [6.07, 6.45) is 5.72. The van der Waals surface area contributed by atoms with Gasteiger partial charge in [0.05, 0.1) is 0 Å². The van der Waals surface area contributed by atoms with E-state index in [2.05, 4.69) is 15.3 Å². The Labute approximate surface area is 82.5 Å². The highest BCUT2D eigenvalue weighted by Gasteiger charge is 2.16. The van der Waals surface area contributed by atoms with Gasteiger partial charge in [0.25, 0.3) is 0 Å². The first kappa shape index (κ1) is 8.75. The molecular formula is C9H12ClN3. The van der Waals surface area contributed by atoms with Crippen LogP contribution in [0.4, 0.5) is 5.82 Å². The van der Waals surface area contributed by atoms with E-state index in [1.165, 1.54) is 19.3 Å². The van der Waals surface area contributed by atoms with Gasteiger partial charge in [-0.15, -0.1) is 0 Å². The minimum atomic E-state index is 0.304. The van der Waals surface area contributed by atoms with Crippen LogP contribution in [0.15, 0.2) is 12.3 Å². The van der Waals surface area contributed by atoms with E-state index in [1.807, 2.05) is 6.07 Å². The second-order valence-electron chi connectivity index (χ2n) is 3.39. The van der Waals surface area contributed by atoms with Crippen LogP contribution in [0.1, 0.15) is 19.3 Å². The topological polar surface area (TPSA) is 37.8 Å². The molecule has 1 aliphatic carbocycles. The third kappa shape index (κ3) is 2.31. The smallest absolute Gasteiger partial charge is 0.224 e. The van der Waals surface area contributed by atoms with E-state index in [0.717, 1.165) is 18.3 Å². The summed E-state index contributed by atoms with van der Waals surface area (Å²) < 4.78 is 0. The Hall–Kier alpha value is -0.830. The highest BCUT2D eigenvalue weighted by Crippen LogP contribution is 2.26. The molecule has 1 aliphatic rings. The minimum absolute atomic E-state index is 0.304. The molecule has 0 saturated heterocycles. The highest BCUT2D eigenvalue weighted by molar-refractivity contribution is 6.28. The number of nitrogens with one attached hydrogen (secondary N) is 1. The molecule has 1 fully saturated rings. The van der Waals surface area contributed by atoms with Gasteiger partial charge in [0.1, 0.15) is 5.82 Å². The Balaban J connectivity index is 1.86. The Morgan fingerprint density at radius 1 is 1.54 bits per heavy atom. The van der Waals surface area contributed by atoms with E-state index in [9.17, 15) is 0 Å². The lowest BCUT2D eigenvalue weighted by Gasteiger charge is -2.25. The summed E-state index contributed by atoms with van der Waals surface area (Å²) in [5.74, 6) is 1.65. The highest BCUT2D eigenvalue weighted by atomic mass is 35.5. The summed E-state index contributed by atoms with van der Waals surface area (Å²) in [5.41, 5.74) is 0. The predicted octanol–water partition coefficient (Wildman–Crippen LogP) is 2.34. The summed E-state index contributed by atoms with van der Waals surface area (Å²) in [5, 5.41) is 3.56. The molecule has 4 heteroatoms. The fraction of sp³-hybridized carbons (Fsp3) is 0.556. The van der Waals surface area contributed by atoms with E-state index in [0.29, 0.717) is 5.28 Å². The number of halogens is 1. The SMILES string of the molecule is Clc1nccc(NCC2CCC2)n1. The van der Waals surface area contributed by atoms with Crippen LogP contribution in [0.25, 0.3) is 0 Å². The fourth-order valence-corrected chi connectivity index (χ4v) is 1.53. The van der Waals surface area contributed by atoms with E-state index in [4.69, 9.17) is 11.6 Å². The second kappa shape index (κ2) is 3.92. The van der Waals surface area contributed by atoms with Crippen LogP contribution in [-0.2, 0) is 0 Å². The second-order valence-corrected chi connectivity index (χ2v) is 3.73. The summed E-state index contributed by atoms with van der Waals surface area (Å²) in [6.45, 7) is 1.01. The Bertz CT molecular complexity index is 286. The largest absolute Gasteiger partial charge is 0.370 e. The van der Waals surface area contributed by atoms with Gasteiger partial charge in [-0.25, -0.2) is 9.97 Å². The molecule has 0 bridgehead atoms. The number of hydrogen-bond donors (Lipinski definition) is 1. The molecule has 1 heterocycles. The molecular weight excluding hydrogens is 186 g/mol. The minimum Gasteiger partial charge on any atom is -0.370 e. The van der Waals surface area contributed by atoms with Crippen LogP contribution in [-0.4, -0.2) is 16.5 Å². The van der Waals surface area contributed by atoms with Crippen molar-refractivity contribution in [2.24, 2.45) is 5.92 Å². The standard InChI is InChI=1S/C9H12ClN3/c10-9-11-5-4-8(13-9)12-6-7-2-1-3-7/h4-5,7H,1-3,6H2,(H,11,12,13). The van der Waals surface area contributed by atoms with Crippen LogP contribution in [0.3, 0.4) is 0 Å². The van der Waals surface area contributed by atoms with Gasteiger partial charge in [0, 0.05) is 12.7 Å². The normalized spacial score (nSPS) is 16.7. The summed E-state index contributed by atoms with van der Waals surface area (Å²) >= 11 is 5.65. The van der Waals surface area contributed by atoms with Crippen molar-refractivity contribution < 1.29 is 0 Å². The maximum atomic E-state index is 5.65. The van der Waals surface area contributed by atoms with Crippen molar-refractivity contribution in [3.05, 3.63) is 17.5 Å². The zero-order valence-corrected chi connectivity index (χ0v) is 8.09. The molecule has 70 valence electrons. The first-order chi connectivity index (χ1) is 6.34. The zero-order chi connectivity index (χ0) is 9.10. The van der Waals surface area contributed by atoms with E-state index in [-0.39, 0.29) is 0 Å². The Morgan fingerprint density at radius 2 is 2.38 bits per heavy atom. The lowest BCUT2D eigenvalue weighted by atomic mass is 9.85. The van der Waals surface area contributed by atoms with Crippen molar-refractivity contribution in [3.8, 4) is 0 Å². The van der Waals surface area contributed by atoms with Gasteiger partial charge >= 0.3 is 0 Å². The van der Waals surface area contributed by atoms with Crippen molar-refractivity contribution in [2.45, 2.75) is 19.3 Å². The molecule has 1 aromatic rings. The molecule has 1 N–H and O–H groups in total. The molecule has 0 unspecified atom stereocenters. The number of hydrogen-bond acceptors (Lipinski definition) is 3. The molecule has 0 aromatic carbocycles. The van der Waals surface area contributed by atoms with Crippen molar-refractivity contribution in [2.75, 3.05) is 11.9 Å². The van der Waals surface area contributed by atoms with Gasteiger partial charge in [-0.2, -0.15) is 0 Å².